The van der Waals surface area contributed by atoms with Crippen molar-refractivity contribution >= 4 is 10.0 Å². The van der Waals surface area contributed by atoms with Gasteiger partial charge in [-0.1, -0.05) is 26.0 Å². The highest BCUT2D eigenvalue weighted by Gasteiger charge is 2.20. The van der Waals surface area contributed by atoms with Crippen LogP contribution in [0.3, 0.4) is 0 Å². The van der Waals surface area contributed by atoms with E-state index in [9.17, 15) is 8.42 Å². The average Bonchev–Trinajstić information content (AvgIpc) is 2.31. The summed E-state index contributed by atoms with van der Waals surface area (Å²) in [6.45, 7) is 4.54. The van der Waals surface area contributed by atoms with Crippen LogP contribution >= 0.6 is 0 Å². The van der Waals surface area contributed by atoms with Gasteiger partial charge in [0.05, 0.1) is 17.4 Å². The molecule has 4 nitrogen and oxygen atoms in total. The number of benzene rings is 1. The third-order valence-electron chi connectivity index (χ3n) is 2.55. The fourth-order valence-electron chi connectivity index (χ4n) is 1.58. The maximum Gasteiger partial charge on any atom is 0.243 e. The van der Waals surface area contributed by atoms with Gasteiger partial charge in [0, 0.05) is 13.1 Å². The first kappa shape index (κ1) is 13.7. The van der Waals surface area contributed by atoms with Crippen LogP contribution in [-0.4, -0.2) is 25.8 Å². The summed E-state index contributed by atoms with van der Waals surface area (Å²) >= 11 is 0. The normalized spacial score (nSPS) is 11.4. The quantitative estimate of drug-likeness (QED) is 0.802. The van der Waals surface area contributed by atoms with Gasteiger partial charge in [-0.3, -0.25) is 0 Å². The van der Waals surface area contributed by atoms with Crippen LogP contribution in [0, 0.1) is 11.3 Å². The topological polar surface area (TPSA) is 61.2 Å². The van der Waals surface area contributed by atoms with Gasteiger partial charge < -0.3 is 0 Å². The Morgan fingerprint density at radius 3 is 2.12 bits per heavy atom. The zero-order chi connectivity index (χ0) is 12.9. The third-order valence-corrected chi connectivity index (χ3v) is 4.61. The van der Waals surface area contributed by atoms with Crippen molar-refractivity contribution in [1.29, 1.82) is 5.26 Å². The smallest absolute Gasteiger partial charge is 0.207 e. The van der Waals surface area contributed by atoms with E-state index < -0.39 is 10.0 Å². The maximum absolute atomic E-state index is 12.1. The van der Waals surface area contributed by atoms with Gasteiger partial charge in [0.2, 0.25) is 10.0 Å². The molecule has 0 unspecified atom stereocenters. The molecule has 0 fully saturated rings. The van der Waals surface area contributed by atoms with Gasteiger partial charge in [-0.05, 0) is 17.7 Å². The van der Waals surface area contributed by atoms with Crippen LogP contribution in [0.1, 0.15) is 19.4 Å². The predicted molar refractivity (Wildman–Crippen MR) is 65.9 cm³/mol. The summed E-state index contributed by atoms with van der Waals surface area (Å²) in [6.07, 6.45) is 0.297. The Balaban J connectivity index is 3.04. The molecule has 1 rings (SSSR count). The van der Waals surface area contributed by atoms with Gasteiger partial charge in [0.25, 0.3) is 0 Å². The molecular formula is C12H16N2O2S. The van der Waals surface area contributed by atoms with Crippen molar-refractivity contribution in [3.05, 3.63) is 29.8 Å². The van der Waals surface area contributed by atoms with Crippen LogP contribution in [-0.2, 0) is 16.4 Å². The van der Waals surface area contributed by atoms with Crippen LogP contribution in [0.15, 0.2) is 29.2 Å². The zero-order valence-corrected chi connectivity index (χ0v) is 10.9. The monoisotopic (exact) mass is 252 g/mol. The van der Waals surface area contributed by atoms with Crippen LogP contribution in [0.5, 0.6) is 0 Å². The Hall–Kier alpha value is -1.38. The Labute approximate surface area is 103 Å². The fraction of sp³-hybridized carbons (Fsp3) is 0.417. The first-order valence-corrected chi connectivity index (χ1v) is 6.96. The van der Waals surface area contributed by atoms with Gasteiger partial charge >= 0.3 is 0 Å². The molecule has 0 bridgehead atoms. The second-order valence-corrected chi connectivity index (χ2v) is 5.51. The highest BCUT2D eigenvalue weighted by Crippen LogP contribution is 2.16. The molecule has 0 radical (unpaired) electrons. The lowest BCUT2D eigenvalue weighted by Crippen LogP contribution is -2.30. The van der Waals surface area contributed by atoms with Crippen LogP contribution in [0.2, 0.25) is 0 Å². The van der Waals surface area contributed by atoms with Crippen LogP contribution in [0.25, 0.3) is 0 Å². The van der Waals surface area contributed by atoms with E-state index in [0.29, 0.717) is 19.5 Å². The molecule has 0 N–H and O–H groups in total. The van der Waals surface area contributed by atoms with Gasteiger partial charge in [-0.25, -0.2) is 8.42 Å². The summed E-state index contributed by atoms with van der Waals surface area (Å²) < 4.78 is 25.7. The molecule has 0 saturated carbocycles. The van der Waals surface area contributed by atoms with Crippen molar-refractivity contribution in [1.82, 2.24) is 4.31 Å². The zero-order valence-electron chi connectivity index (χ0n) is 10.0. The molecule has 0 aliphatic heterocycles. The van der Waals surface area contributed by atoms with Gasteiger partial charge in [0.1, 0.15) is 0 Å². The van der Waals surface area contributed by atoms with E-state index >= 15 is 0 Å². The number of hydrogen-bond donors (Lipinski definition) is 0. The summed E-state index contributed by atoms with van der Waals surface area (Å²) in [7, 11) is -3.38. The number of hydrogen-bond acceptors (Lipinski definition) is 3. The number of nitrogens with zero attached hydrogens (tertiary/aromatic N) is 2. The van der Waals surface area contributed by atoms with Crippen molar-refractivity contribution < 1.29 is 8.42 Å². The second-order valence-electron chi connectivity index (χ2n) is 3.57. The minimum atomic E-state index is -3.38. The van der Waals surface area contributed by atoms with Crippen molar-refractivity contribution in [3.8, 4) is 6.07 Å². The van der Waals surface area contributed by atoms with Crippen molar-refractivity contribution in [2.24, 2.45) is 0 Å². The van der Waals surface area contributed by atoms with Gasteiger partial charge in [-0.15, -0.1) is 0 Å². The van der Waals surface area contributed by atoms with Crippen molar-refractivity contribution in [2.45, 2.75) is 25.2 Å². The molecule has 0 aromatic heterocycles. The first-order valence-electron chi connectivity index (χ1n) is 5.52. The van der Waals surface area contributed by atoms with Gasteiger partial charge in [-0.2, -0.15) is 9.57 Å². The number of nitriles is 1. The lowest BCUT2D eigenvalue weighted by molar-refractivity contribution is 0.445. The predicted octanol–water partition coefficient (Wildman–Crippen LogP) is 1.78. The van der Waals surface area contributed by atoms with E-state index in [1.165, 1.54) is 4.31 Å². The molecule has 0 atom stereocenters. The van der Waals surface area contributed by atoms with Crippen molar-refractivity contribution in [2.75, 3.05) is 13.1 Å². The molecule has 5 heteroatoms. The Kier molecular flexibility index (Phi) is 4.67. The molecular weight excluding hydrogens is 236 g/mol. The lowest BCUT2D eigenvalue weighted by atomic mass is 10.2. The lowest BCUT2D eigenvalue weighted by Gasteiger charge is -2.18. The van der Waals surface area contributed by atoms with E-state index in [4.69, 9.17) is 5.26 Å². The average molecular weight is 252 g/mol. The molecule has 92 valence electrons. The minimum absolute atomic E-state index is 0.280. The molecule has 0 spiro atoms. The SMILES string of the molecule is CCN(CC)S(=O)(=O)c1ccc(CC#N)cc1. The molecule has 0 heterocycles. The highest BCUT2D eigenvalue weighted by atomic mass is 32.2. The third kappa shape index (κ3) is 3.05. The molecule has 0 aliphatic carbocycles. The molecule has 0 saturated heterocycles. The van der Waals surface area contributed by atoms with E-state index in [-0.39, 0.29) is 4.90 Å². The Morgan fingerprint density at radius 2 is 1.71 bits per heavy atom. The minimum Gasteiger partial charge on any atom is -0.207 e. The first-order chi connectivity index (χ1) is 8.06. The van der Waals surface area contributed by atoms with E-state index in [0.717, 1.165) is 5.56 Å². The highest BCUT2D eigenvalue weighted by molar-refractivity contribution is 7.89. The molecule has 0 amide bonds. The molecule has 0 aliphatic rings. The molecule has 1 aromatic rings. The van der Waals surface area contributed by atoms with E-state index in [2.05, 4.69) is 0 Å². The standard InChI is InChI=1S/C12H16N2O2S/c1-3-14(4-2)17(15,16)12-7-5-11(6-8-12)9-10-13/h5-8H,3-4,9H2,1-2H3. The van der Waals surface area contributed by atoms with Gasteiger partial charge in [0.15, 0.2) is 0 Å². The summed E-state index contributed by atoms with van der Waals surface area (Å²) in [5.74, 6) is 0. The summed E-state index contributed by atoms with van der Waals surface area (Å²) in [5, 5.41) is 8.54. The number of sulfonamides is 1. The second kappa shape index (κ2) is 5.80. The van der Waals surface area contributed by atoms with Crippen LogP contribution in [0.4, 0.5) is 0 Å². The maximum atomic E-state index is 12.1. The largest absolute Gasteiger partial charge is 0.243 e. The summed E-state index contributed by atoms with van der Waals surface area (Å²) in [4.78, 5) is 0.280. The van der Waals surface area contributed by atoms with E-state index in [1.54, 1.807) is 24.3 Å². The van der Waals surface area contributed by atoms with Crippen LogP contribution < -0.4 is 0 Å². The summed E-state index contributed by atoms with van der Waals surface area (Å²) in [5.41, 5.74) is 0.825. The van der Waals surface area contributed by atoms with E-state index in [1.807, 2.05) is 19.9 Å². The number of rotatable bonds is 5. The Bertz CT molecular complexity index is 496. The Morgan fingerprint density at radius 1 is 1.18 bits per heavy atom. The fourth-order valence-corrected chi connectivity index (χ4v) is 3.04. The van der Waals surface area contributed by atoms with Crippen molar-refractivity contribution in [3.63, 3.8) is 0 Å². The molecule has 1 aromatic carbocycles. The molecule has 17 heavy (non-hydrogen) atoms. The summed E-state index contributed by atoms with van der Waals surface area (Å²) in [6, 6.07) is 8.50.